The molecule has 2 N–H and O–H groups in total. The monoisotopic (exact) mass is 551 g/mol. The third-order valence-corrected chi connectivity index (χ3v) is 4.85. The first kappa shape index (κ1) is 33.9. The normalized spacial score (nSPS) is 13.3. The van der Waals surface area contributed by atoms with Crippen LogP contribution in [-0.4, -0.2) is 49.4 Å². The van der Waals surface area contributed by atoms with E-state index in [9.17, 15) is 19.2 Å². The summed E-state index contributed by atoms with van der Waals surface area (Å²) in [5, 5.41) is 0. The molecule has 0 heterocycles. The molecule has 0 saturated heterocycles. The van der Waals surface area contributed by atoms with E-state index >= 15 is 0 Å². The van der Waals surface area contributed by atoms with Crippen LogP contribution in [0.25, 0.3) is 0 Å². The van der Waals surface area contributed by atoms with Gasteiger partial charge < -0.3 is 29.4 Å². The maximum Gasteiger partial charge on any atom is 0.508 e. The summed E-state index contributed by atoms with van der Waals surface area (Å²) >= 11 is 0. The fourth-order valence-electron chi connectivity index (χ4n) is 3.15. The number of benzene rings is 1. The summed E-state index contributed by atoms with van der Waals surface area (Å²) in [5.41, 5.74) is 6.02. The number of rotatable bonds is 12. The molecule has 0 aliphatic rings. The predicted octanol–water partition coefficient (Wildman–Crippen LogP) is 4.98. The van der Waals surface area contributed by atoms with Crippen molar-refractivity contribution in [2.75, 3.05) is 13.2 Å². The van der Waals surface area contributed by atoms with Gasteiger partial charge in [-0.05, 0) is 47.8 Å². The molecular weight excluding hydrogens is 506 g/mol. The summed E-state index contributed by atoms with van der Waals surface area (Å²) in [6.45, 7) is 16.8. The van der Waals surface area contributed by atoms with E-state index < -0.39 is 36.2 Å². The van der Waals surface area contributed by atoms with E-state index in [1.54, 1.807) is 13.0 Å². The smallest absolute Gasteiger partial charge is 0.458 e. The molecule has 0 aromatic heterocycles. The Bertz CT molecular complexity index is 989. The molecule has 2 atom stereocenters. The molecule has 220 valence electrons. The van der Waals surface area contributed by atoms with Gasteiger partial charge in [0.2, 0.25) is 0 Å². The molecule has 10 nitrogen and oxygen atoms in total. The highest BCUT2D eigenvalue weighted by Gasteiger charge is 2.24. The molecule has 39 heavy (non-hydrogen) atoms. The second-order valence-corrected chi connectivity index (χ2v) is 12.5. The molecule has 0 spiro atoms. The van der Waals surface area contributed by atoms with Crippen molar-refractivity contribution in [1.82, 2.24) is 0 Å². The van der Waals surface area contributed by atoms with Crippen LogP contribution in [0, 0.1) is 16.7 Å². The van der Waals surface area contributed by atoms with Crippen molar-refractivity contribution < 1.29 is 42.9 Å². The van der Waals surface area contributed by atoms with Gasteiger partial charge in [0.1, 0.15) is 18.8 Å². The fraction of sp³-hybridized carbons (Fsp3) is 0.655. The SMILES string of the molecule is CC(C)COC(=O)OC[C@H](C)OC(=O)[C@@H](N)Cc1ccc(OC(=O)CC(C)(C)C)c(OC(=O)CC(C)(C)C)c1. The van der Waals surface area contributed by atoms with E-state index in [1.807, 2.05) is 55.4 Å². The molecule has 10 heteroatoms. The number of nitrogens with two attached hydrogens (primary N) is 1. The minimum absolute atomic E-state index is 0.0584. The Balaban J connectivity index is 2.89. The van der Waals surface area contributed by atoms with Crippen LogP contribution in [-0.2, 0) is 35.0 Å². The summed E-state index contributed by atoms with van der Waals surface area (Å²) in [7, 11) is 0. The lowest BCUT2D eigenvalue weighted by Crippen LogP contribution is -2.37. The largest absolute Gasteiger partial charge is 0.508 e. The van der Waals surface area contributed by atoms with Gasteiger partial charge in [0.05, 0.1) is 19.4 Å². The number of carbonyl (C=O) groups is 4. The quantitative estimate of drug-likeness (QED) is 0.279. The van der Waals surface area contributed by atoms with Gasteiger partial charge in [-0.25, -0.2) is 4.79 Å². The maximum absolute atomic E-state index is 12.5. The Morgan fingerprint density at radius 3 is 1.82 bits per heavy atom. The van der Waals surface area contributed by atoms with Crippen molar-refractivity contribution in [2.45, 2.75) is 93.7 Å². The summed E-state index contributed by atoms with van der Waals surface area (Å²) < 4.78 is 26.2. The second-order valence-electron chi connectivity index (χ2n) is 12.5. The number of carbonyl (C=O) groups excluding carboxylic acids is 4. The standard InChI is InChI=1S/C29H45NO9/c1-18(2)16-35-27(34)36-17-19(3)37-26(33)21(30)12-20-10-11-22(38-24(31)14-28(4,5)6)23(13-20)39-25(32)15-29(7,8)9/h10-11,13,18-19,21H,12,14-17,30H2,1-9H3/t19-,21-/m0/s1. The van der Waals surface area contributed by atoms with Crippen LogP contribution in [0.2, 0.25) is 0 Å². The van der Waals surface area contributed by atoms with E-state index in [4.69, 9.17) is 29.4 Å². The van der Waals surface area contributed by atoms with Crippen molar-refractivity contribution in [1.29, 1.82) is 0 Å². The molecule has 1 aromatic carbocycles. The number of ether oxygens (including phenoxy) is 5. The van der Waals surface area contributed by atoms with Crippen LogP contribution >= 0.6 is 0 Å². The van der Waals surface area contributed by atoms with Crippen molar-refractivity contribution in [3.05, 3.63) is 23.8 Å². The highest BCUT2D eigenvalue weighted by atomic mass is 16.7. The van der Waals surface area contributed by atoms with Crippen LogP contribution in [0.1, 0.15) is 80.7 Å². The van der Waals surface area contributed by atoms with Crippen molar-refractivity contribution in [2.24, 2.45) is 22.5 Å². The van der Waals surface area contributed by atoms with Crippen molar-refractivity contribution >= 4 is 24.1 Å². The highest BCUT2D eigenvalue weighted by molar-refractivity contribution is 5.78. The first-order chi connectivity index (χ1) is 17.8. The number of esters is 3. The van der Waals surface area contributed by atoms with Crippen LogP contribution in [0.15, 0.2) is 18.2 Å². The van der Waals surface area contributed by atoms with Gasteiger partial charge in [-0.1, -0.05) is 61.5 Å². The first-order valence-electron chi connectivity index (χ1n) is 13.1. The molecule has 0 amide bonds. The van der Waals surface area contributed by atoms with Gasteiger partial charge in [-0.15, -0.1) is 0 Å². The number of hydrogen-bond acceptors (Lipinski definition) is 10. The molecule has 0 bridgehead atoms. The average Bonchev–Trinajstić information content (AvgIpc) is 2.75. The second kappa shape index (κ2) is 14.9. The van der Waals surface area contributed by atoms with Crippen LogP contribution < -0.4 is 15.2 Å². The third kappa shape index (κ3) is 15.1. The summed E-state index contributed by atoms with van der Waals surface area (Å²) in [6.07, 6.45) is -1.22. The molecule has 0 fully saturated rings. The molecule has 0 aliphatic carbocycles. The van der Waals surface area contributed by atoms with Crippen LogP contribution in [0.5, 0.6) is 11.5 Å². The van der Waals surface area contributed by atoms with Gasteiger partial charge in [-0.2, -0.15) is 0 Å². The summed E-state index contributed by atoms with van der Waals surface area (Å²) in [6, 6.07) is 3.61. The Labute approximate surface area is 231 Å². The van der Waals surface area contributed by atoms with Gasteiger partial charge in [0, 0.05) is 0 Å². The third-order valence-electron chi connectivity index (χ3n) is 4.85. The molecule has 0 radical (unpaired) electrons. The Hall–Kier alpha value is -3.14. The van der Waals surface area contributed by atoms with Gasteiger partial charge in [-0.3, -0.25) is 14.4 Å². The van der Waals surface area contributed by atoms with E-state index in [-0.39, 0.29) is 60.7 Å². The molecule has 1 aromatic rings. The van der Waals surface area contributed by atoms with Crippen LogP contribution in [0.3, 0.4) is 0 Å². The first-order valence-corrected chi connectivity index (χ1v) is 13.1. The topological polar surface area (TPSA) is 140 Å². The average molecular weight is 552 g/mol. The Morgan fingerprint density at radius 2 is 1.31 bits per heavy atom. The van der Waals surface area contributed by atoms with Crippen molar-refractivity contribution in [3.8, 4) is 11.5 Å². The van der Waals surface area contributed by atoms with E-state index in [0.29, 0.717) is 5.56 Å². The lowest BCUT2D eigenvalue weighted by molar-refractivity contribution is -0.152. The predicted molar refractivity (Wildman–Crippen MR) is 145 cm³/mol. The van der Waals surface area contributed by atoms with E-state index in [1.165, 1.54) is 12.1 Å². The molecular formula is C29H45NO9. The maximum atomic E-state index is 12.5. The van der Waals surface area contributed by atoms with Gasteiger partial charge >= 0.3 is 24.1 Å². The zero-order valence-electron chi connectivity index (χ0n) is 24.8. The van der Waals surface area contributed by atoms with Crippen molar-refractivity contribution in [3.63, 3.8) is 0 Å². The molecule has 0 aliphatic heterocycles. The minimum Gasteiger partial charge on any atom is -0.458 e. The zero-order chi connectivity index (χ0) is 30.0. The lowest BCUT2D eigenvalue weighted by Gasteiger charge is -2.20. The molecule has 1 rings (SSSR count). The van der Waals surface area contributed by atoms with E-state index in [0.717, 1.165) is 0 Å². The summed E-state index contributed by atoms with van der Waals surface area (Å²) in [5.74, 6) is -1.33. The van der Waals surface area contributed by atoms with Gasteiger partial charge in [0.15, 0.2) is 11.5 Å². The fourth-order valence-corrected chi connectivity index (χ4v) is 3.15. The van der Waals surface area contributed by atoms with Crippen LogP contribution in [0.4, 0.5) is 4.79 Å². The van der Waals surface area contributed by atoms with E-state index in [2.05, 4.69) is 0 Å². The highest BCUT2D eigenvalue weighted by Crippen LogP contribution is 2.32. The molecule has 0 unspecified atom stereocenters. The Kier molecular flexibility index (Phi) is 12.9. The minimum atomic E-state index is -1.05. The lowest BCUT2D eigenvalue weighted by atomic mass is 9.92. The van der Waals surface area contributed by atoms with Gasteiger partial charge in [0.25, 0.3) is 0 Å². The Morgan fingerprint density at radius 1 is 0.795 bits per heavy atom. The number of hydrogen-bond donors (Lipinski definition) is 1. The molecule has 0 saturated carbocycles. The zero-order valence-corrected chi connectivity index (χ0v) is 24.8. The summed E-state index contributed by atoms with van der Waals surface area (Å²) in [4.78, 5) is 49.1.